The number of hydrogen-bond donors (Lipinski definition) is 1. The lowest BCUT2D eigenvalue weighted by Gasteiger charge is -2.09. The van der Waals surface area contributed by atoms with Crippen LogP contribution in [0, 0.1) is 12.7 Å². The second-order valence-electron chi connectivity index (χ2n) is 6.79. The van der Waals surface area contributed by atoms with Gasteiger partial charge in [0.25, 0.3) is 11.7 Å². The van der Waals surface area contributed by atoms with E-state index in [1.807, 2.05) is 43.3 Å². The Hall–Kier alpha value is -4.00. The van der Waals surface area contributed by atoms with Crippen LogP contribution in [0.25, 0.3) is 22.6 Å². The van der Waals surface area contributed by atoms with Gasteiger partial charge in [0.05, 0.1) is 11.8 Å². The number of nitrogens with zero attached hydrogens (tertiary/aromatic N) is 2. The van der Waals surface area contributed by atoms with Crippen molar-refractivity contribution in [3.63, 3.8) is 0 Å². The van der Waals surface area contributed by atoms with Crippen LogP contribution >= 0.6 is 0 Å². The molecule has 0 saturated heterocycles. The molecule has 0 aliphatic rings. The van der Waals surface area contributed by atoms with Crippen LogP contribution in [0.3, 0.4) is 0 Å². The van der Waals surface area contributed by atoms with E-state index in [1.54, 1.807) is 11.6 Å². The second-order valence-corrected chi connectivity index (χ2v) is 6.79. The summed E-state index contributed by atoms with van der Waals surface area (Å²) in [6, 6.07) is 15.3. The monoisotopic (exact) mass is 403 g/mol. The van der Waals surface area contributed by atoms with Crippen molar-refractivity contribution in [1.82, 2.24) is 9.55 Å². The summed E-state index contributed by atoms with van der Waals surface area (Å²) in [5.41, 5.74) is 2.93. The molecule has 0 atom stereocenters. The standard InChI is InChI=1S/C23H18FN3O3/c1-14-12-18(15-6-4-3-5-7-15)20(27(14)2)21(28)22(29)26-16-8-9-17(19(24)13-16)23-25-10-11-30-23/h3-13H,1-2H3,(H,26,29). The maximum absolute atomic E-state index is 14.4. The molecule has 2 aromatic carbocycles. The van der Waals surface area contributed by atoms with E-state index in [2.05, 4.69) is 10.3 Å². The Morgan fingerprint density at radius 2 is 1.83 bits per heavy atom. The van der Waals surface area contributed by atoms with Gasteiger partial charge in [-0.2, -0.15) is 0 Å². The molecule has 0 radical (unpaired) electrons. The number of anilines is 1. The van der Waals surface area contributed by atoms with Gasteiger partial charge in [0.1, 0.15) is 17.8 Å². The van der Waals surface area contributed by atoms with Crippen LogP contribution in [0.5, 0.6) is 0 Å². The first-order valence-corrected chi connectivity index (χ1v) is 9.22. The third-order valence-corrected chi connectivity index (χ3v) is 4.87. The highest BCUT2D eigenvalue weighted by atomic mass is 19.1. The van der Waals surface area contributed by atoms with Gasteiger partial charge in [0.2, 0.25) is 5.89 Å². The predicted molar refractivity (Wildman–Crippen MR) is 110 cm³/mol. The van der Waals surface area contributed by atoms with Crippen molar-refractivity contribution >= 4 is 17.4 Å². The summed E-state index contributed by atoms with van der Waals surface area (Å²) in [4.78, 5) is 29.5. The first kappa shape index (κ1) is 19.3. The minimum Gasteiger partial charge on any atom is -0.444 e. The minimum atomic E-state index is -0.850. The summed E-state index contributed by atoms with van der Waals surface area (Å²) in [5, 5.41) is 2.48. The highest BCUT2D eigenvalue weighted by Gasteiger charge is 2.25. The first-order chi connectivity index (χ1) is 14.5. The molecule has 0 aliphatic carbocycles. The fourth-order valence-electron chi connectivity index (χ4n) is 3.26. The zero-order valence-electron chi connectivity index (χ0n) is 16.3. The van der Waals surface area contributed by atoms with Gasteiger partial charge in [-0.3, -0.25) is 9.59 Å². The predicted octanol–water partition coefficient (Wildman–Crippen LogP) is 4.62. The number of Topliss-reactive ketones (excluding diaryl/α,β-unsaturated/α-hetero) is 1. The molecule has 0 fully saturated rings. The Bertz CT molecular complexity index is 1230. The summed E-state index contributed by atoms with van der Waals surface area (Å²) >= 11 is 0. The van der Waals surface area contributed by atoms with E-state index in [0.29, 0.717) is 5.56 Å². The lowest BCUT2D eigenvalue weighted by atomic mass is 10.0. The third kappa shape index (κ3) is 3.53. The molecule has 4 rings (SSSR count). The molecule has 2 aromatic heterocycles. The normalized spacial score (nSPS) is 10.8. The van der Waals surface area contributed by atoms with Crippen molar-refractivity contribution in [2.24, 2.45) is 7.05 Å². The van der Waals surface area contributed by atoms with Crippen LogP contribution in [0.1, 0.15) is 16.2 Å². The molecule has 0 bridgehead atoms. The molecule has 7 heteroatoms. The number of oxazole rings is 1. The molecule has 0 saturated carbocycles. The molecule has 150 valence electrons. The van der Waals surface area contributed by atoms with Crippen molar-refractivity contribution in [3.05, 3.63) is 84.3 Å². The first-order valence-electron chi connectivity index (χ1n) is 9.22. The van der Waals surface area contributed by atoms with E-state index in [1.165, 1.54) is 24.6 Å². The van der Waals surface area contributed by atoms with E-state index < -0.39 is 17.5 Å². The van der Waals surface area contributed by atoms with Crippen LogP contribution in [0.15, 0.2) is 71.5 Å². The number of amides is 1. The van der Waals surface area contributed by atoms with Gasteiger partial charge in [-0.05, 0) is 36.8 Å². The lowest BCUT2D eigenvalue weighted by Crippen LogP contribution is -2.25. The van der Waals surface area contributed by atoms with Crippen molar-refractivity contribution < 1.29 is 18.4 Å². The maximum Gasteiger partial charge on any atom is 0.298 e. The maximum atomic E-state index is 14.4. The summed E-state index contributed by atoms with van der Waals surface area (Å²) in [6.07, 6.45) is 2.75. The van der Waals surface area contributed by atoms with Gasteiger partial charge in [-0.25, -0.2) is 9.37 Å². The Labute approximate surface area is 172 Å². The van der Waals surface area contributed by atoms with E-state index in [4.69, 9.17) is 4.42 Å². The van der Waals surface area contributed by atoms with Gasteiger partial charge >= 0.3 is 0 Å². The van der Waals surface area contributed by atoms with Gasteiger partial charge < -0.3 is 14.3 Å². The average molecular weight is 403 g/mol. The minimum absolute atomic E-state index is 0.133. The lowest BCUT2D eigenvalue weighted by molar-refractivity contribution is -0.112. The Kier molecular flexibility index (Phi) is 5.02. The van der Waals surface area contributed by atoms with Crippen LogP contribution in [-0.2, 0) is 11.8 Å². The number of aromatic nitrogens is 2. The summed E-state index contributed by atoms with van der Waals surface area (Å²) < 4.78 is 21.2. The number of ketones is 1. The molecule has 6 nitrogen and oxygen atoms in total. The Morgan fingerprint density at radius 3 is 2.50 bits per heavy atom. The Balaban J connectivity index is 1.61. The summed E-state index contributed by atoms with van der Waals surface area (Å²) in [6.45, 7) is 1.86. The smallest absolute Gasteiger partial charge is 0.298 e. The fourth-order valence-corrected chi connectivity index (χ4v) is 3.26. The summed E-state index contributed by atoms with van der Waals surface area (Å²) in [7, 11) is 1.73. The molecular formula is C23H18FN3O3. The zero-order valence-corrected chi connectivity index (χ0v) is 16.3. The van der Waals surface area contributed by atoms with E-state index in [-0.39, 0.29) is 22.8 Å². The number of aryl methyl sites for hydroxylation is 1. The number of benzene rings is 2. The molecule has 0 unspecified atom stereocenters. The van der Waals surface area contributed by atoms with Crippen LogP contribution in [-0.4, -0.2) is 21.2 Å². The quantitative estimate of drug-likeness (QED) is 0.390. The number of carbonyl (C=O) groups is 2. The molecule has 0 spiro atoms. The van der Waals surface area contributed by atoms with E-state index in [0.717, 1.165) is 17.3 Å². The largest absolute Gasteiger partial charge is 0.444 e. The van der Waals surface area contributed by atoms with E-state index >= 15 is 0 Å². The number of rotatable bonds is 5. The number of nitrogens with one attached hydrogen (secondary N) is 1. The SMILES string of the molecule is Cc1cc(-c2ccccc2)c(C(=O)C(=O)Nc2ccc(-c3ncco3)c(F)c2)n1C. The summed E-state index contributed by atoms with van der Waals surface area (Å²) in [5.74, 6) is -2.05. The molecule has 30 heavy (non-hydrogen) atoms. The highest BCUT2D eigenvalue weighted by molar-refractivity contribution is 6.47. The van der Waals surface area contributed by atoms with E-state index in [9.17, 15) is 14.0 Å². The molecule has 1 amide bonds. The van der Waals surface area contributed by atoms with Gasteiger partial charge in [0.15, 0.2) is 0 Å². The van der Waals surface area contributed by atoms with Gasteiger partial charge in [-0.1, -0.05) is 30.3 Å². The van der Waals surface area contributed by atoms with Gasteiger partial charge in [-0.15, -0.1) is 0 Å². The molecule has 1 N–H and O–H groups in total. The van der Waals surface area contributed by atoms with Crippen LogP contribution in [0.2, 0.25) is 0 Å². The molecule has 0 aliphatic heterocycles. The fraction of sp³-hybridized carbons (Fsp3) is 0.0870. The topological polar surface area (TPSA) is 77.1 Å². The van der Waals surface area contributed by atoms with Gasteiger partial charge in [0, 0.05) is 24.0 Å². The van der Waals surface area contributed by atoms with Crippen LogP contribution in [0.4, 0.5) is 10.1 Å². The highest BCUT2D eigenvalue weighted by Crippen LogP contribution is 2.28. The van der Waals surface area contributed by atoms with Crippen molar-refractivity contribution in [2.75, 3.05) is 5.32 Å². The van der Waals surface area contributed by atoms with Crippen molar-refractivity contribution in [3.8, 4) is 22.6 Å². The average Bonchev–Trinajstić information content (AvgIpc) is 3.37. The third-order valence-electron chi connectivity index (χ3n) is 4.87. The zero-order chi connectivity index (χ0) is 21.3. The molecule has 4 aromatic rings. The van der Waals surface area contributed by atoms with Crippen molar-refractivity contribution in [2.45, 2.75) is 6.92 Å². The molecular weight excluding hydrogens is 385 g/mol. The number of carbonyl (C=O) groups excluding carboxylic acids is 2. The second kappa shape index (κ2) is 7.79. The van der Waals surface area contributed by atoms with Crippen LogP contribution < -0.4 is 5.32 Å². The molecule has 2 heterocycles. The number of halogens is 1. The Morgan fingerprint density at radius 1 is 1.07 bits per heavy atom. The number of hydrogen-bond acceptors (Lipinski definition) is 4. The van der Waals surface area contributed by atoms with Crippen molar-refractivity contribution in [1.29, 1.82) is 0 Å².